The molecule has 0 aromatic rings. The van der Waals surface area contributed by atoms with Gasteiger partial charge in [0.1, 0.15) is 13.2 Å². The van der Waals surface area contributed by atoms with Crippen LogP contribution in [-0.2, 0) is 28.6 Å². The lowest BCUT2D eigenvalue weighted by molar-refractivity contribution is -0.167. The number of unbranched alkanes of at least 4 members (excludes halogenated alkanes) is 27. The molecule has 1 unspecified atom stereocenters. The van der Waals surface area contributed by atoms with Gasteiger partial charge in [-0.1, -0.05) is 247 Å². The van der Waals surface area contributed by atoms with Crippen LogP contribution < -0.4 is 0 Å². The van der Waals surface area contributed by atoms with Crippen LogP contribution in [0.3, 0.4) is 0 Å². The molecule has 1 atom stereocenters. The second-order valence-electron chi connectivity index (χ2n) is 19.2. The highest BCUT2D eigenvalue weighted by Crippen LogP contribution is 2.15. The smallest absolute Gasteiger partial charge is 0.306 e. The van der Waals surface area contributed by atoms with Crippen molar-refractivity contribution < 1.29 is 28.6 Å². The minimum absolute atomic E-state index is 0.0855. The summed E-state index contributed by atoms with van der Waals surface area (Å²) in [6.07, 6.45) is 74.8. The van der Waals surface area contributed by atoms with Crippen LogP contribution in [0.1, 0.15) is 278 Å². The summed E-state index contributed by atoms with van der Waals surface area (Å²) in [4.78, 5) is 37.8. The molecule has 0 N–H and O–H groups in total. The second kappa shape index (κ2) is 57.2. The molecule has 0 radical (unpaired) electrons. The minimum atomic E-state index is -0.784. The van der Waals surface area contributed by atoms with Gasteiger partial charge in [0.25, 0.3) is 0 Å². The quantitative estimate of drug-likeness (QED) is 0.0262. The van der Waals surface area contributed by atoms with Crippen molar-refractivity contribution in [1.29, 1.82) is 0 Å². The first-order valence-corrected chi connectivity index (χ1v) is 29.1. The number of esters is 3. The van der Waals surface area contributed by atoms with Crippen LogP contribution in [0.5, 0.6) is 0 Å². The molecule has 0 amide bonds. The summed E-state index contributed by atoms with van der Waals surface area (Å²) in [6.45, 7) is 6.43. The third-order valence-electron chi connectivity index (χ3n) is 12.4. The van der Waals surface area contributed by atoms with Crippen molar-refractivity contribution in [2.75, 3.05) is 13.2 Å². The highest BCUT2D eigenvalue weighted by atomic mass is 16.6. The van der Waals surface area contributed by atoms with Gasteiger partial charge in [-0.3, -0.25) is 14.4 Å². The van der Waals surface area contributed by atoms with E-state index in [4.69, 9.17) is 14.2 Å². The molecule has 0 saturated heterocycles. The largest absolute Gasteiger partial charge is 0.462 e. The van der Waals surface area contributed by atoms with E-state index in [2.05, 4.69) is 106 Å². The van der Waals surface area contributed by atoms with Crippen molar-refractivity contribution in [2.24, 2.45) is 0 Å². The average molecular weight is 962 g/mol. The highest BCUT2D eigenvalue weighted by Gasteiger charge is 2.19. The third-order valence-corrected chi connectivity index (χ3v) is 12.4. The monoisotopic (exact) mass is 961 g/mol. The number of rotatable bonds is 52. The second-order valence-corrected chi connectivity index (χ2v) is 19.2. The Hall–Kier alpha value is -3.41. The van der Waals surface area contributed by atoms with Crippen LogP contribution in [-0.4, -0.2) is 37.2 Å². The Morgan fingerprint density at radius 2 is 0.565 bits per heavy atom. The van der Waals surface area contributed by atoms with Gasteiger partial charge in [0.05, 0.1) is 0 Å². The van der Waals surface area contributed by atoms with Gasteiger partial charge in [0.2, 0.25) is 0 Å². The molecule has 0 aliphatic rings. The maximum absolute atomic E-state index is 12.8. The molecule has 0 fully saturated rings. The summed E-state index contributed by atoms with van der Waals surface area (Å²) in [5.74, 6) is -0.921. The fourth-order valence-electron chi connectivity index (χ4n) is 8.03. The van der Waals surface area contributed by atoms with Crippen molar-refractivity contribution in [2.45, 2.75) is 284 Å². The van der Waals surface area contributed by atoms with E-state index in [1.165, 1.54) is 122 Å². The van der Waals surface area contributed by atoms with Gasteiger partial charge in [-0.25, -0.2) is 0 Å². The van der Waals surface area contributed by atoms with E-state index in [-0.39, 0.29) is 31.1 Å². The lowest BCUT2D eigenvalue weighted by Crippen LogP contribution is -2.30. The standard InChI is InChI=1S/C63H108O6/c1-4-7-10-13-15-17-19-21-23-25-27-29-31-33-35-37-39-41-43-45-47-50-53-56-62(65)68-59-60(58-67-61(64)55-52-49-12-9-6-3)69-63(66)57-54-51-48-46-44-42-40-38-36-34-32-30-28-26-24-22-20-18-16-14-11-8-5-2/h7,10,15,17,21,23,26-29,33,35,39,41,60H,4-6,8-9,11-14,16,18-20,22,24-25,30-32,34,36-38,40,42-59H2,1-3H3/b10-7-,17-15-,23-21-,28-26-,29-27-,35-33-,41-39-. The van der Waals surface area contributed by atoms with E-state index in [9.17, 15) is 14.4 Å². The molecule has 69 heavy (non-hydrogen) atoms. The predicted octanol–water partition coefficient (Wildman–Crippen LogP) is 19.5. The summed E-state index contributed by atoms with van der Waals surface area (Å²) in [6, 6.07) is 0. The Balaban J connectivity index is 4.15. The molecule has 0 aromatic heterocycles. The molecule has 0 bridgehead atoms. The zero-order chi connectivity index (χ0) is 50.0. The van der Waals surface area contributed by atoms with E-state index in [1.54, 1.807) is 0 Å². The Labute approximate surface area is 426 Å². The van der Waals surface area contributed by atoms with Crippen molar-refractivity contribution in [3.63, 3.8) is 0 Å². The van der Waals surface area contributed by atoms with Gasteiger partial charge in [0.15, 0.2) is 6.10 Å². The number of allylic oxidation sites excluding steroid dienone is 14. The predicted molar refractivity (Wildman–Crippen MR) is 297 cm³/mol. The molecule has 6 nitrogen and oxygen atoms in total. The van der Waals surface area contributed by atoms with Crippen LogP contribution in [0.25, 0.3) is 0 Å². The highest BCUT2D eigenvalue weighted by molar-refractivity contribution is 5.71. The maximum Gasteiger partial charge on any atom is 0.306 e. The van der Waals surface area contributed by atoms with Crippen LogP contribution in [0.4, 0.5) is 0 Å². The normalized spacial score (nSPS) is 12.7. The van der Waals surface area contributed by atoms with E-state index in [0.29, 0.717) is 19.3 Å². The Morgan fingerprint density at radius 1 is 0.304 bits per heavy atom. The van der Waals surface area contributed by atoms with Crippen molar-refractivity contribution in [1.82, 2.24) is 0 Å². The van der Waals surface area contributed by atoms with Gasteiger partial charge in [-0.15, -0.1) is 0 Å². The third kappa shape index (κ3) is 55.4. The Bertz CT molecular complexity index is 1330. The molecule has 0 aromatic carbocycles. The number of ether oxygens (including phenoxy) is 3. The van der Waals surface area contributed by atoms with Crippen LogP contribution in [0, 0.1) is 0 Å². The molecule has 0 saturated carbocycles. The SMILES string of the molecule is CC/C=C\C/C=C\C/C=C\C/C=C\C/C=C\C/C=C\CCCCCCC(=O)OCC(COC(=O)CCCCCCC)OC(=O)CCCCCCCCCCCCC/C=C\CCCCCCCCCC. The first kappa shape index (κ1) is 65.6. The zero-order valence-corrected chi connectivity index (χ0v) is 45.3. The van der Waals surface area contributed by atoms with Crippen molar-refractivity contribution >= 4 is 17.9 Å². The summed E-state index contributed by atoms with van der Waals surface area (Å²) in [7, 11) is 0. The maximum atomic E-state index is 12.8. The summed E-state index contributed by atoms with van der Waals surface area (Å²) in [5.41, 5.74) is 0. The molecule has 0 rings (SSSR count). The van der Waals surface area contributed by atoms with E-state index >= 15 is 0 Å². The Kier molecular flexibility index (Phi) is 54.3. The fourth-order valence-corrected chi connectivity index (χ4v) is 8.03. The average Bonchev–Trinajstić information content (AvgIpc) is 3.35. The number of carbonyl (C=O) groups is 3. The molecule has 0 heterocycles. The van der Waals surface area contributed by atoms with E-state index < -0.39 is 6.10 Å². The first-order valence-electron chi connectivity index (χ1n) is 29.1. The lowest BCUT2D eigenvalue weighted by Gasteiger charge is -2.18. The molecule has 396 valence electrons. The van der Waals surface area contributed by atoms with E-state index in [0.717, 1.165) is 116 Å². The molecular weight excluding hydrogens is 853 g/mol. The topological polar surface area (TPSA) is 78.9 Å². The van der Waals surface area contributed by atoms with Gasteiger partial charge in [-0.2, -0.15) is 0 Å². The van der Waals surface area contributed by atoms with Gasteiger partial charge in [0, 0.05) is 19.3 Å². The van der Waals surface area contributed by atoms with Crippen LogP contribution >= 0.6 is 0 Å². The van der Waals surface area contributed by atoms with Crippen LogP contribution in [0.15, 0.2) is 85.1 Å². The van der Waals surface area contributed by atoms with E-state index in [1.807, 2.05) is 0 Å². The molecule has 0 aliphatic heterocycles. The fraction of sp³-hybridized carbons (Fsp3) is 0.730. The van der Waals surface area contributed by atoms with Gasteiger partial charge >= 0.3 is 17.9 Å². The number of carbonyl (C=O) groups excluding carboxylic acids is 3. The summed E-state index contributed by atoms with van der Waals surface area (Å²) < 4.78 is 16.7. The minimum Gasteiger partial charge on any atom is -0.462 e. The van der Waals surface area contributed by atoms with Crippen molar-refractivity contribution in [3.8, 4) is 0 Å². The van der Waals surface area contributed by atoms with Crippen molar-refractivity contribution in [3.05, 3.63) is 85.1 Å². The van der Waals surface area contributed by atoms with Crippen LogP contribution in [0.2, 0.25) is 0 Å². The summed E-state index contributed by atoms with van der Waals surface area (Å²) >= 11 is 0. The number of hydrogen-bond acceptors (Lipinski definition) is 6. The zero-order valence-electron chi connectivity index (χ0n) is 45.3. The molecule has 0 aliphatic carbocycles. The van der Waals surface area contributed by atoms with Gasteiger partial charge < -0.3 is 14.2 Å². The first-order chi connectivity index (χ1) is 34.0. The number of hydrogen-bond donors (Lipinski definition) is 0. The molecular formula is C63H108O6. The lowest BCUT2D eigenvalue weighted by atomic mass is 10.0. The van der Waals surface area contributed by atoms with Gasteiger partial charge in [-0.05, 0) is 96.3 Å². The Morgan fingerprint density at radius 3 is 0.899 bits per heavy atom. The summed E-state index contributed by atoms with van der Waals surface area (Å²) in [5, 5.41) is 0. The molecule has 0 spiro atoms. The molecule has 6 heteroatoms.